The fourth-order valence-electron chi connectivity index (χ4n) is 0. The van der Waals surface area contributed by atoms with E-state index in [4.69, 9.17) is 19.7 Å². The molecule has 0 amide bonds. The van der Waals surface area contributed by atoms with E-state index >= 15 is 0 Å². The van der Waals surface area contributed by atoms with Crippen molar-refractivity contribution >= 4 is 0 Å². The molecule has 0 aliphatic carbocycles. The Bertz CT molecular complexity index is 253. The molecule has 45 valence electrons. The van der Waals surface area contributed by atoms with E-state index in [1.807, 2.05) is 0 Å². The summed E-state index contributed by atoms with van der Waals surface area (Å²) in [4.78, 5) is 0. The van der Waals surface area contributed by atoms with E-state index in [1.165, 1.54) is 0 Å². The third-order valence-corrected chi connectivity index (χ3v) is 0. The summed E-state index contributed by atoms with van der Waals surface area (Å²) in [5, 5.41) is 0. The zero-order chi connectivity index (χ0) is 6.41. The van der Waals surface area contributed by atoms with Gasteiger partial charge in [0.1, 0.15) is 0 Å². The summed E-state index contributed by atoms with van der Waals surface area (Å²) in [7, 11) is 0. The minimum atomic E-state index is -9.21. The van der Waals surface area contributed by atoms with E-state index in [0.717, 1.165) is 0 Å². The van der Waals surface area contributed by atoms with Gasteiger partial charge in [-0.2, -0.15) is 0 Å². The van der Waals surface area contributed by atoms with Gasteiger partial charge in [-0.25, -0.2) is 0 Å². The van der Waals surface area contributed by atoms with Crippen molar-refractivity contribution in [3.63, 3.8) is 0 Å². The van der Waals surface area contributed by atoms with Crippen LogP contribution in [0.1, 0.15) is 0 Å². The molecular weight excluding hydrogens is 151 g/mol. The first-order valence-electron chi connectivity index (χ1n) is 1.02. The topological polar surface area (TPSA) is 91.7 Å². The summed E-state index contributed by atoms with van der Waals surface area (Å²) in [5.41, 5.74) is 0. The van der Waals surface area contributed by atoms with Gasteiger partial charge in [0.05, 0.1) is 0 Å². The molecule has 0 aliphatic rings. The molecule has 0 aromatic carbocycles. The van der Waals surface area contributed by atoms with Gasteiger partial charge in [0.2, 0.25) is 0 Å². The van der Waals surface area contributed by atoms with Crippen LogP contribution in [0.25, 0.3) is 0 Å². The third-order valence-electron chi connectivity index (χ3n) is 0. The molecule has 0 rings (SSSR count). The molecule has 0 radical (unpaired) electrons. The Kier molecular flexibility index (Phi) is 0.586. The molecule has 0 spiro atoms. The van der Waals surface area contributed by atoms with Crippen LogP contribution in [0.3, 0.4) is 0 Å². The van der Waals surface area contributed by atoms with Gasteiger partial charge in [0, 0.05) is 0 Å². The summed E-state index contributed by atoms with van der Waals surface area (Å²) in [6, 6.07) is 0. The van der Waals surface area contributed by atoms with Crippen LogP contribution < -0.4 is 0 Å². The Morgan fingerprint density at radius 2 is 1.14 bits per heavy atom. The van der Waals surface area contributed by atoms with E-state index in [0.29, 0.717) is 0 Å². The number of hydrogen-bond donors (Lipinski definition) is 2. The maximum atomic E-state index is 10.7. The molecule has 0 atom stereocenters. The number of rotatable bonds is 0. The van der Waals surface area contributed by atoms with Crippen LogP contribution >= 0.6 is 0 Å². The first-order chi connectivity index (χ1) is 2.45. The average molecular weight is 153 g/mol. The molecule has 0 unspecified atom stereocenters. The standard InChI is InChI=1S/Cr.FH.2H2O.3O/h;1H;2*1H2;;;/q+3;;;;;;/p-3. The summed E-state index contributed by atoms with van der Waals surface area (Å²) in [5.74, 6) is 0. The van der Waals surface area contributed by atoms with Crippen molar-refractivity contribution in [3.05, 3.63) is 0 Å². The fourth-order valence-corrected chi connectivity index (χ4v) is 0. The quantitative estimate of drug-likeness (QED) is 0.463. The summed E-state index contributed by atoms with van der Waals surface area (Å²) in [6.45, 7) is 0. The van der Waals surface area contributed by atoms with Crippen molar-refractivity contribution in [3.8, 4) is 0 Å². The van der Waals surface area contributed by atoms with Gasteiger partial charge >= 0.3 is 35.1 Å². The average Bonchev–Trinajstić information content (AvgIpc) is 0.592. The van der Waals surface area contributed by atoms with Crippen molar-refractivity contribution in [1.82, 2.24) is 0 Å². The molecule has 0 fully saturated rings. The Morgan fingerprint density at radius 1 is 1.14 bits per heavy atom. The molecule has 0 heterocycles. The van der Waals surface area contributed by atoms with Gasteiger partial charge in [-0.1, -0.05) is 0 Å². The third kappa shape index (κ3) is 1750. The van der Waals surface area contributed by atoms with Gasteiger partial charge in [-0.15, -0.1) is 0 Å². The van der Waals surface area contributed by atoms with Crippen LogP contribution in [0.4, 0.5) is 3.52 Å². The minimum absolute atomic E-state index is 6.84. The maximum absolute atomic E-state index is 10.7. The molecular formula is H2CrFO5. The van der Waals surface area contributed by atoms with Crippen molar-refractivity contribution in [1.29, 1.82) is 0 Å². The van der Waals surface area contributed by atoms with Crippen LogP contribution in [-0.2, 0) is 23.3 Å². The predicted octanol–water partition coefficient (Wildman–Crippen LogP) is -1.05. The van der Waals surface area contributed by atoms with E-state index in [2.05, 4.69) is 0 Å². The predicted molar refractivity (Wildman–Crippen MR) is 7.61 cm³/mol. The molecule has 2 N–H and O–H groups in total. The zero-order valence-corrected chi connectivity index (χ0v) is 4.18. The van der Waals surface area contributed by atoms with Crippen molar-refractivity contribution < 1.29 is 35.1 Å². The SMILES string of the molecule is [O]=[Cr](=[O])(=[O])([OH])([OH])[F]. The zero-order valence-electron chi connectivity index (χ0n) is 2.91. The van der Waals surface area contributed by atoms with E-state index in [-0.39, 0.29) is 0 Å². The van der Waals surface area contributed by atoms with Crippen molar-refractivity contribution in [2.24, 2.45) is 0 Å². The molecule has 5 nitrogen and oxygen atoms in total. The van der Waals surface area contributed by atoms with Crippen molar-refractivity contribution in [2.75, 3.05) is 0 Å². The molecule has 7 heteroatoms. The summed E-state index contributed by atoms with van der Waals surface area (Å²) in [6.07, 6.45) is 0. The van der Waals surface area contributed by atoms with E-state index in [9.17, 15) is 3.52 Å². The van der Waals surface area contributed by atoms with Crippen LogP contribution in [-0.4, -0.2) is 8.32 Å². The van der Waals surface area contributed by atoms with E-state index < -0.39 is 11.9 Å². The van der Waals surface area contributed by atoms with Crippen LogP contribution in [0.15, 0.2) is 0 Å². The van der Waals surface area contributed by atoms with Crippen molar-refractivity contribution in [2.45, 2.75) is 0 Å². The molecule has 0 saturated heterocycles. The fraction of sp³-hybridized carbons (Fsp3) is 0. The van der Waals surface area contributed by atoms with Gasteiger partial charge < -0.3 is 0 Å². The Hall–Kier alpha value is -0.218. The Labute approximate surface area is 36.0 Å². The van der Waals surface area contributed by atoms with Crippen LogP contribution in [0.5, 0.6) is 0 Å². The second kappa shape index (κ2) is 0.605. The molecule has 0 aliphatic heterocycles. The molecule has 0 saturated carbocycles. The second-order valence-corrected chi connectivity index (χ2v) is 4.37. The van der Waals surface area contributed by atoms with Gasteiger partial charge in [-0.3, -0.25) is 0 Å². The molecule has 0 bridgehead atoms. The number of halogens is 1. The number of hydrogen-bond acceptors (Lipinski definition) is 3. The molecule has 0 aromatic rings. The monoisotopic (exact) mass is 153 g/mol. The molecule has 7 heavy (non-hydrogen) atoms. The van der Waals surface area contributed by atoms with Crippen LogP contribution in [0.2, 0.25) is 0 Å². The summed E-state index contributed by atoms with van der Waals surface area (Å²) >= 11 is -9.21. The molecule has 0 aromatic heterocycles. The summed E-state index contributed by atoms with van der Waals surface area (Å²) < 4.78 is 50.6. The van der Waals surface area contributed by atoms with E-state index in [1.54, 1.807) is 0 Å². The van der Waals surface area contributed by atoms with Gasteiger partial charge in [0.15, 0.2) is 0 Å². The second-order valence-electron chi connectivity index (χ2n) is 1.06. The Morgan fingerprint density at radius 3 is 1.14 bits per heavy atom. The first-order valence-corrected chi connectivity index (χ1v) is 4.20. The normalized spacial score (nSPS) is 22.7. The Balaban J connectivity index is 5.96. The first kappa shape index (κ1) is 6.78. The van der Waals surface area contributed by atoms with Crippen LogP contribution in [0, 0.1) is 0 Å². The van der Waals surface area contributed by atoms with Gasteiger partial charge in [-0.05, 0) is 0 Å². The van der Waals surface area contributed by atoms with Gasteiger partial charge in [0.25, 0.3) is 0 Å².